The molecule has 0 saturated carbocycles. The van der Waals surface area contributed by atoms with Crippen molar-refractivity contribution >= 4 is 17.4 Å². The van der Waals surface area contributed by atoms with Crippen molar-refractivity contribution in [3.05, 3.63) is 47.7 Å². The number of amides is 1. The van der Waals surface area contributed by atoms with E-state index in [0.29, 0.717) is 18.1 Å². The van der Waals surface area contributed by atoms with Crippen molar-refractivity contribution in [1.29, 1.82) is 0 Å². The van der Waals surface area contributed by atoms with E-state index in [2.05, 4.69) is 20.8 Å². The van der Waals surface area contributed by atoms with Gasteiger partial charge in [0.25, 0.3) is 5.91 Å². The first-order chi connectivity index (χ1) is 9.70. The van der Waals surface area contributed by atoms with Gasteiger partial charge in [0.05, 0.1) is 0 Å². The topological polar surface area (TPSA) is 66.9 Å². The molecule has 1 aromatic carbocycles. The van der Waals surface area contributed by atoms with E-state index in [0.717, 1.165) is 17.7 Å². The van der Waals surface area contributed by atoms with Gasteiger partial charge in [0, 0.05) is 12.2 Å². The third kappa shape index (κ3) is 3.54. The van der Waals surface area contributed by atoms with Gasteiger partial charge in [-0.3, -0.25) is 4.79 Å². The molecule has 0 unspecified atom stereocenters. The molecular formula is C15H18N4O. The van der Waals surface area contributed by atoms with E-state index in [1.54, 1.807) is 12.1 Å². The van der Waals surface area contributed by atoms with E-state index in [1.807, 2.05) is 38.1 Å². The Kier molecular flexibility index (Phi) is 4.65. The van der Waals surface area contributed by atoms with Crippen LogP contribution < -0.4 is 10.6 Å². The third-order valence-corrected chi connectivity index (χ3v) is 2.84. The summed E-state index contributed by atoms with van der Waals surface area (Å²) in [4.78, 5) is 11.7. The molecule has 0 aliphatic heterocycles. The lowest BCUT2D eigenvalue weighted by molar-refractivity contribution is 0.0947. The van der Waals surface area contributed by atoms with Gasteiger partial charge in [-0.1, -0.05) is 25.1 Å². The highest BCUT2D eigenvalue weighted by Gasteiger charge is 2.07. The van der Waals surface area contributed by atoms with Crippen LogP contribution in [0.4, 0.5) is 11.5 Å². The van der Waals surface area contributed by atoms with Gasteiger partial charge >= 0.3 is 0 Å². The molecule has 2 aromatic rings. The number of nitrogens with zero attached hydrogens (tertiary/aromatic N) is 2. The van der Waals surface area contributed by atoms with Crippen LogP contribution in [0.3, 0.4) is 0 Å². The molecule has 0 saturated heterocycles. The fraction of sp³-hybridized carbons (Fsp3) is 0.267. The number of rotatable bonds is 5. The highest BCUT2D eigenvalue weighted by atomic mass is 16.1. The van der Waals surface area contributed by atoms with Crippen LogP contribution in [0, 0.1) is 6.92 Å². The minimum Gasteiger partial charge on any atom is -0.351 e. The smallest absolute Gasteiger partial charge is 0.271 e. The van der Waals surface area contributed by atoms with Crippen LogP contribution in [0.1, 0.15) is 29.4 Å². The summed E-state index contributed by atoms with van der Waals surface area (Å²) in [5, 5.41) is 13.9. The molecule has 2 N–H and O–H groups in total. The van der Waals surface area contributed by atoms with Gasteiger partial charge in [0.1, 0.15) is 0 Å². The molecular weight excluding hydrogens is 252 g/mol. The molecule has 1 heterocycles. The van der Waals surface area contributed by atoms with E-state index < -0.39 is 0 Å². The number of para-hydroxylation sites is 1. The number of hydrogen-bond donors (Lipinski definition) is 2. The number of nitrogens with one attached hydrogen (secondary N) is 2. The van der Waals surface area contributed by atoms with Gasteiger partial charge in [0.2, 0.25) is 0 Å². The normalized spacial score (nSPS) is 10.1. The predicted octanol–water partition coefficient (Wildman–Crippen LogP) is 2.67. The zero-order valence-electron chi connectivity index (χ0n) is 11.7. The average molecular weight is 270 g/mol. The van der Waals surface area contributed by atoms with Crippen LogP contribution in [0.5, 0.6) is 0 Å². The second kappa shape index (κ2) is 6.65. The van der Waals surface area contributed by atoms with E-state index in [4.69, 9.17) is 0 Å². The van der Waals surface area contributed by atoms with Crippen molar-refractivity contribution in [3.8, 4) is 0 Å². The van der Waals surface area contributed by atoms with Crippen molar-refractivity contribution < 1.29 is 4.79 Å². The average Bonchev–Trinajstić information content (AvgIpc) is 2.48. The Morgan fingerprint density at radius 3 is 2.60 bits per heavy atom. The van der Waals surface area contributed by atoms with Crippen LogP contribution in [-0.4, -0.2) is 22.6 Å². The molecule has 0 bridgehead atoms. The van der Waals surface area contributed by atoms with Gasteiger partial charge in [0.15, 0.2) is 11.5 Å². The summed E-state index contributed by atoms with van der Waals surface area (Å²) >= 11 is 0. The number of carbonyl (C=O) groups excluding carboxylic acids is 1. The number of benzene rings is 1. The standard InChI is InChI=1S/C15H18N4O/c1-3-10-16-15(20)13-8-9-14(19-18-13)17-12-7-5-4-6-11(12)2/h4-9H,3,10H2,1-2H3,(H,16,20)(H,17,19). The highest BCUT2D eigenvalue weighted by Crippen LogP contribution is 2.17. The maximum absolute atomic E-state index is 11.7. The molecule has 20 heavy (non-hydrogen) atoms. The Hall–Kier alpha value is -2.43. The maximum atomic E-state index is 11.7. The summed E-state index contributed by atoms with van der Waals surface area (Å²) in [5.74, 6) is 0.424. The summed E-state index contributed by atoms with van der Waals surface area (Å²) in [6, 6.07) is 11.3. The molecule has 0 atom stereocenters. The largest absolute Gasteiger partial charge is 0.351 e. The first-order valence-corrected chi connectivity index (χ1v) is 6.65. The second-order valence-corrected chi connectivity index (χ2v) is 4.50. The lowest BCUT2D eigenvalue weighted by Crippen LogP contribution is -2.25. The summed E-state index contributed by atoms with van der Waals surface area (Å²) in [6.07, 6.45) is 0.895. The lowest BCUT2D eigenvalue weighted by Gasteiger charge is -2.08. The van der Waals surface area contributed by atoms with E-state index >= 15 is 0 Å². The van der Waals surface area contributed by atoms with Crippen molar-refractivity contribution in [2.75, 3.05) is 11.9 Å². The summed E-state index contributed by atoms with van der Waals surface area (Å²) < 4.78 is 0. The number of hydrogen-bond acceptors (Lipinski definition) is 4. The lowest BCUT2D eigenvalue weighted by atomic mass is 10.2. The van der Waals surface area contributed by atoms with Crippen molar-refractivity contribution in [1.82, 2.24) is 15.5 Å². The van der Waals surface area contributed by atoms with Gasteiger partial charge in [-0.2, -0.15) is 0 Å². The molecule has 1 amide bonds. The minimum absolute atomic E-state index is 0.193. The molecule has 2 rings (SSSR count). The quantitative estimate of drug-likeness (QED) is 0.876. The fourth-order valence-electron chi connectivity index (χ4n) is 1.70. The Balaban J connectivity index is 2.05. The molecule has 5 heteroatoms. The van der Waals surface area contributed by atoms with Crippen LogP contribution >= 0.6 is 0 Å². The Morgan fingerprint density at radius 2 is 1.95 bits per heavy atom. The SMILES string of the molecule is CCCNC(=O)c1ccc(Nc2ccccc2C)nn1. The Labute approximate surface area is 118 Å². The summed E-state index contributed by atoms with van der Waals surface area (Å²) in [7, 11) is 0. The first kappa shape index (κ1) is 14.0. The summed E-state index contributed by atoms with van der Waals surface area (Å²) in [5.41, 5.74) is 2.43. The molecule has 0 fully saturated rings. The Morgan fingerprint density at radius 1 is 1.15 bits per heavy atom. The molecule has 0 aliphatic rings. The van der Waals surface area contributed by atoms with Crippen molar-refractivity contribution in [2.45, 2.75) is 20.3 Å². The fourth-order valence-corrected chi connectivity index (χ4v) is 1.70. The van der Waals surface area contributed by atoms with Crippen LogP contribution in [0.15, 0.2) is 36.4 Å². The maximum Gasteiger partial charge on any atom is 0.271 e. The molecule has 0 spiro atoms. The van der Waals surface area contributed by atoms with Crippen molar-refractivity contribution in [3.63, 3.8) is 0 Å². The summed E-state index contributed by atoms with van der Waals surface area (Å²) in [6.45, 7) is 4.66. The minimum atomic E-state index is -0.193. The van der Waals surface area contributed by atoms with Crippen LogP contribution in [-0.2, 0) is 0 Å². The number of anilines is 2. The highest BCUT2D eigenvalue weighted by molar-refractivity contribution is 5.92. The van der Waals surface area contributed by atoms with Crippen LogP contribution in [0.25, 0.3) is 0 Å². The number of carbonyl (C=O) groups is 1. The molecule has 5 nitrogen and oxygen atoms in total. The van der Waals surface area contributed by atoms with E-state index in [9.17, 15) is 4.79 Å². The monoisotopic (exact) mass is 270 g/mol. The zero-order chi connectivity index (χ0) is 14.4. The Bertz CT molecular complexity index is 581. The van der Waals surface area contributed by atoms with Crippen molar-refractivity contribution in [2.24, 2.45) is 0 Å². The van der Waals surface area contributed by atoms with E-state index in [1.165, 1.54) is 0 Å². The molecule has 0 aliphatic carbocycles. The number of aryl methyl sites for hydroxylation is 1. The van der Waals surface area contributed by atoms with Gasteiger partial charge in [-0.05, 0) is 37.1 Å². The predicted molar refractivity (Wildman–Crippen MR) is 79.1 cm³/mol. The first-order valence-electron chi connectivity index (χ1n) is 6.65. The second-order valence-electron chi connectivity index (χ2n) is 4.50. The van der Waals surface area contributed by atoms with E-state index in [-0.39, 0.29) is 5.91 Å². The van der Waals surface area contributed by atoms with Crippen LogP contribution in [0.2, 0.25) is 0 Å². The zero-order valence-corrected chi connectivity index (χ0v) is 11.7. The molecule has 1 aromatic heterocycles. The van der Waals surface area contributed by atoms with Gasteiger partial charge < -0.3 is 10.6 Å². The third-order valence-electron chi connectivity index (χ3n) is 2.84. The molecule has 104 valence electrons. The number of aromatic nitrogens is 2. The van der Waals surface area contributed by atoms with Gasteiger partial charge in [-0.15, -0.1) is 10.2 Å². The molecule has 0 radical (unpaired) electrons. The van der Waals surface area contributed by atoms with Gasteiger partial charge in [-0.25, -0.2) is 0 Å².